The van der Waals surface area contributed by atoms with Crippen LogP contribution in [0.3, 0.4) is 0 Å². The summed E-state index contributed by atoms with van der Waals surface area (Å²) in [5, 5.41) is 17.8. The van der Waals surface area contributed by atoms with Gasteiger partial charge in [0.15, 0.2) is 5.82 Å². The Morgan fingerprint density at radius 3 is 2.40 bits per heavy atom. The molecule has 6 heteroatoms. The molecule has 0 bridgehead atoms. The Hall–Kier alpha value is -2.21. The molecule has 0 aliphatic heterocycles. The van der Waals surface area contributed by atoms with Crippen LogP contribution in [0.5, 0.6) is 0 Å². The molecule has 6 nitrogen and oxygen atoms in total. The zero-order chi connectivity index (χ0) is 18.4. The smallest absolute Gasteiger partial charge is 0.252 e. The summed E-state index contributed by atoms with van der Waals surface area (Å²) in [4.78, 5) is 16.7. The number of hydrogen-bond donors (Lipinski definition) is 2. The SMILES string of the molecule is CCCC(O)(CCC)CNC(=O)c1ccc(-n2nc(C)cc2C)nc1. The fraction of sp³-hybridized carbons (Fsp3) is 0.526. The second-order valence-electron chi connectivity index (χ2n) is 6.65. The molecule has 25 heavy (non-hydrogen) atoms. The maximum atomic E-state index is 12.3. The number of nitrogens with one attached hydrogen (secondary N) is 1. The predicted octanol–water partition coefficient (Wildman–Crippen LogP) is 2.95. The lowest BCUT2D eigenvalue weighted by atomic mass is 9.92. The van der Waals surface area contributed by atoms with Crippen LogP contribution >= 0.6 is 0 Å². The van der Waals surface area contributed by atoms with Gasteiger partial charge in [0.25, 0.3) is 5.91 Å². The topological polar surface area (TPSA) is 80.0 Å². The minimum Gasteiger partial charge on any atom is -0.388 e. The van der Waals surface area contributed by atoms with Crippen LogP contribution in [-0.2, 0) is 0 Å². The first-order valence-electron chi connectivity index (χ1n) is 8.89. The van der Waals surface area contributed by atoms with E-state index in [-0.39, 0.29) is 12.5 Å². The highest BCUT2D eigenvalue weighted by atomic mass is 16.3. The molecule has 0 aromatic carbocycles. The van der Waals surface area contributed by atoms with Crippen molar-refractivity contribution >= 4 is 5.91 Å². The van der Waals surface area contributed by atoms with Gasteiger partial charge in [-0.25, -0.2) is 9.67 Å². The number of nitrogens with zero attached hydrogens (tertiary/aromatic N) is 3. The molecule has 2 rings (SSSR count). The number of aliphatic hydroxyl groups is 1. The maximum absolute atomic E-state index is 12.3. The molecule has 0 saturated carbocycles. The number of hydrogen-bond acceptors (Lipinski definition) is 4. The Bertz CT molecular complexity index is 701. The minimum absolute atomic E-state index is 0.224. The van der Waals surface area contributed by atoms with Crippen LogP contribution in [-0.4, -0.2) is 37.9 Å². The van der Waals surface area contributed by atoms with Crippen molar-refractivity contribution in [1.29, 1.82) is 0 Å². The van der Waals surface area contributed by atoms with Gasteiger partial charge in [-0.3, -0.25) is 4.79 Å². The molecule has 0 spiro atoms. The Morgan fingerprint density at radius 1 is 1.24 bits per heavy atom. The lowest BCUT2D eigenvalue weighted by Gasteiger charge is -2.27. The van der Waals surface area contributed by atoms with Gasteiger partial charge in [-0.05, 0) is 44.9 Å². The number of rotatable bonds is 8. The molecule has 0 saturated heterocycles. The molecule has 0 aliphatic carbocycles. The van der Waals surface area contributed by atoms with Crippen molar-refractivity contribution < 1.29 is 9.90 Å². The third kappa shape index (κ3) is 4.89. The van der Waals surface area contributed by atoms with E-state index in [1.807, 2.05) is 33.8 Å². The predicted molar refractivity (Wildman–Crippen MR) is 97.9 cm³/mol. The van der Waals surface area contributed by atoms with Gasteiger partial charge < -0.3 is 10.4 Å². The summed E-state index contributed by atoms with van der Waals surface area (Å²) in [6.45, 7) is 8.21. The van der Waals surface area contributed by atoms with Gasteiger partial charge >= 0.3 is 0 Å². The lowest BCUT2D eigenvalue weighted by Crippen LogP contribution is -2.42. The zero-order valence-electron chi connectivity index (χ0n) is 15.5. The first-order valence-corrected chi connectivity index (χ1v) is 8.89. The maximum Gasteiger partial charge on any atom is 0.252 e. The molecule has 0 fully saturated rings. The van der Waals surface area contributed by atoms with Gasteiger partial charge in [0.1, 0.15) is 0 Å². The number of carbonyl (C=O) groups excluding carboxylic acids is 1. The van der Waals surface area contributed by atoms with Gasteiger partial charge in [0.05, 0.1) is 16.9 Å². The molecule has 2 N–H and O–H groups in total. The van der Waals surface area contributed by atoms with E-state index in [1.54, 1.807) is 23.0 Å². The van der Waals surface area contributed by atoms with Gasteiger partial charge in [0.2, 0.25) is 0 Å². The van der Waals surface area contributed by atoms with Crippen LogP contribution in [0.2, 0.25) is 0 Å². The average Bonchev–Trinajstić information content (AvgIpc) is 2.92. The zero-order valence-corrected chi connectivity index (χ0v) is 15.5. The first kappa shape index (κ1) is 19.1. The molecule has 0 atom stereocenters. The Kier molecular flexibility index (Phi) is 6.31. The van der Waals surface area contributed by atoms with Crippen LogP contribution in [0.15, 0.2) is 24.4 Å². The van der Waals surface area contributed by atoms with Crippen molar-refractivity contribution in [1.82, 2.24) is 20.1 Å². The van der Waals surface area contributed by atoms with Crippen molar-refractivity contribution in [3.05, 3.63) is 41.3 Å². The molecular weight excluding hydrogens is 316 g/mol. The summed E-state index contributed by atoms with van der Waals surface area (Å²) < 4.78 is 1.75. The van der Waals surface area contributed by atoms with Crippen molar-refractivity contribution in [3.63, 3.8) is 0 Å². The molecule has 0 aliphatic rings. The Morgan fingerprint density at radius 2 is 1.92 bits per heavy atom. The van der Waals surface area contributed by atoms with E-state index in [4.69, 9.17) is 0 Å². The number of pyridine rings is 1. The molecule has 2 aromatic rings. The lowest BCUT2D eigenvalue weighted by molar-refractivity contribution is 0.0213. The van der Waals surface area contributed by atoms with Crippen molar-refractivity contribution in [2.45, 2.75) is 59.0 Å². The van der Waals surface area contributed by atoms with E-state index in [0.29, 0.717) is 24.2 Å². The molecule has 0 unspecified atom stereocenters. The Labute approximate surface area is 149 Å². The summed E-state index contributed by atoms with van der Waals surface area (Å²) in [6.07, 6.45) is 4.66. The van der Waals surface area contributed by atoms with Crippen LogP contribution in [0.4, 0.5) is 0 Å². The molecule has 2 aromatic heterocycles. The van der Waals surface area contributed by atoms with Crippen molar-refractivity contribution in [2.24, 2.45) is 0 Å². The van der Waals surface area contributed by atoms with Gasteiger partial charge in [-0.15, -0.1) is 0 Å². The summed E-state index contributed by atoms with van der Waals surface area (Å²) in [7, 11) is 0. The summed E-state index contributed by atoms with van der Waals surface area (Å²) >= 11 is 0. The second kappa shape index (κ2) is 8.25. The average molecular weight is 344 g/mol. The summed E-state index contributed by atoms with van der Waals surface area (Å²) in [5.41, 5.74) is 1.55. The normalized spacial score (nSPS) is 11.6. The van der Waals surface area contributed by atoms with Gasteiger partial charge in [-0.2, -0.15) is 5.10 Å². The number of aromatic nitrogens is 3. The molecule has 136 valence electrons. The van der Waals surface area contributed by atoms with Crippen LogP contribution < -0.4 is 5.32 Å². The van der Waals surface area contributed by atoms with Gasteiger partial charge in [-0.1, -0.05) is 26.7 Å². The number of carbonyl (C=O) groups is 1. The number of amides is 1. The largest absolute Gasteiger partial charge is 0.388 e. The van der Waals surface area contributed by atoms with E-state index in [2.05, 4.69) is 15.4 Å². The minimum atomic E-state index is -0.837. The summed E-state index contributed by atoms with van der Waals surface area (Å²) in [6, 6.07) is 5.48. The second-order valence-corrected chi connectivity index (χ2v) is 6.65. The van der Waals surface area contributed by atoms with E-state index >= 15 is 0 Å². The van der Waals surface area contributed by atoms with Crippen molar-refractivity contribution in [2.75, 3.05) is 6.54 Å². The molecule has 2 heterocycles. The fourth-order valence-corrected chi connectivity index (χ4v) is 3.09. The van der Waals surface area contributed by atoms with E-state index < -0.39 is 5.60 Å². The van der Waals surface area contributed by atoms with Crippen LogP contribution in [0.1, 0.15) is 61.3 Å². The summed E-state index contributed by atoms with van der Waals surface area (Å²) in [5.74, 6) is 0.452. The van der Waals surface area contributed by atoms with Crippen LogP contribution in [0.25, 0.3) is 5.82 Å². The third-order valence-electron chi connectivity index (χ3n) is 4.25. The van der Waals surface area contributed by atoms with E-state index in [0.717, 1.165) is 24.2 Å². The van der Waals surface area contributed by atoms with Crippen LogP contribution in [0, 0.1) is 13.8 Å². The highest BCUT2D eigenvalue weighted by molar-refractivity contribution is 5.93. The van der Waals surface area contributed by atoms with E-state index in [9.17, 15) is 9.90 Å². The van der Waals surface area contributed by atoms with Crippen molar-refractivity contribution in [3.8, 4) is 5.82 Å². The quantitative estimate of drug-likeness (QED) is 0.771. The standard InChI is InChI=1S/C19H28N4O2/c1-5-9-19(25,10-6-2)13-21-18(24)16-7-8-17(20-12-16)23-15(4)11-14(3)22-23/h7-8,11-12,25H,5-6,9-10,13H2,1-4H3,(H,21,24). The highest BCUT2D eigenvalue weighted by Gasteiger charge is 2.25. The fourth-order valence-electron chi connectivity index (χ4n) is 3.09. The third-order valence-corrected chi connectivity index (χ3v) is 4.25. The highest BCUT2D eigenvalue weighted by Crippen LogP contribution is 2.18. The monoisotopic (exact) mass is 344 g/mol. The van der Waals surface area contributed by atoms with Gasteiger partial charge in [0, 0.05) is 18.4 Å². The number of aryl methyl sites for hydroxylation is 2. The van der Waals surface area contributed by atoms with E-state index in [1.165, 1.54) is 0 Å². The molecular formula is C19H28N4O2. The molecule has 1 amide bonds. The Balaban J connectivity index is 2.04. The molecule has 0 radical (unpaired) electrons. The first-order chi connectivity index (χ1) is 11.9.